The third-order valence-corrected chi connectivity index (χ3v) is 5.33. The Labute approximate surface area is 164 Å². The minimum absolute atomic E-state index is 0.0788. The van der Waals surface area contributed by atoms with Gasteiger partial charge in [0.2, 0.25) is 11.8 Å². The van der Waals surface area contributed by atoms with Crippen molar-refractivity contribution >= 4 is 17.5 Å². The highest BCUT2D eigenvalue weighted by Crippen LogP contribution is 2.24. The zero-order valence-corrected chi connectivity index (χ0v) is 15.7. The van der Waals surface area contributed by atoms with E-state index in [1.54, 1.807) is 24.3 Å². The minimum atomic E-state index is -0.472. The largest absolute Gasteiger partial charge is 0.457 e. The highest BCUT2D eigenvalue weighted by atomic mass is 16.5. The minimum Gasteiger partial charge on any atom is -0.457 e. The molecule has 3 unspecified atom stereocenters. The molecule has 0 spiro atoms. The summed E-state index contributed by atoms with van der Waals surface area (Å²) < 4.78 is 5.75. The number of nitrogens with one attached hydrogen (secondary N) is 3. The summed E-state index contributed by atoms with van der Waals surface area (Å²) in [5.41, 5.74) is 0.678. The van der Waals surface area contributed by atoms with Crippen molar-refractivity contribution in [2.45, 2.75) is 50.2 Å². The Kier molecular flexibility index (Phi) is 5.58. The number of hydrogen-bond donors (Lipinski definition) is 3. The number of piperazine rings is 1. The fourth-order valence-electron chi connectivity index (χ4n) is 3.90. The molecule has 2 aliphatic rings. The number of anilines is 1. The van der Waals surface area contributed by atoms with Crippen LogP contribution in [0.15, 0.2) is 54.6 Å². The third kappa shape index (κ3) is 4.51. The van der Waals surface area contributed by atoms with Crippen LogP contribution in [0.2, 0.25) is 0 Å². The molecular weight excluding hydrogens is 354 g/mol. The van der Waals surface area contributed by atoms with Crippen molar-refractivity contribution in [1.82, 2.24) is 10.6 Å². The first-order valence-corrected chi connectivity index (χ1v) is 9.86. The van der Waals surface area contributed by atoms with Gasteiger partial charge in [0.1, 0.15) is 11.5 Å². The number of ether oxygens (including phenoxy) is 1. The van der Waals surface area contributed by atoms with E-state index in [9.17, 15) is 9.59 Å². The lowest BCUT2D eigenvalue weighted by molar-refractivity contribution is -0.129. The van der Waals surface area contributed by atoms with Gasteiger partial charge in [0, 0.05) is 17.8 Å². The standard InChI is InChI=1S/C22H25N3O3/c26-21(14-20-22(27)25-19-9-5-4-8-18(19)24-20)23-15-10-12-17(13-11-15)28-16-6-2-1-3-7-16/h1-3,6-7,10-13,18-20,24H,4-5,8-9,14H2,(H,23,26)(H,25,27). The van der Waals surface area contributed by atoms with Gasteiger partial charge in [-0.15, -0.1) is 0 Å². The third-order valence-electron chi connectivity index (χ3n) is 5.33. The zero-order valence-electron chi connectivity index (χ0n) is 15.7. The van der Waals surface area contributed by atoms with E-state index in [-0.39, 0.29) is 30.3 Å². The molecule has 3 N–H and O–H groups in total. The van der Waals surface area contributed by atoms with Crippen molar-refractivity contribution in [3.05, 3.63) is 54.6 Å². The summed E-state index contributed by atoms with van der Waals surface area (Å²) in [6, 6.07) is 16.7. The van der Waals surface area contributed by atoms with Crippen LogP contribution in [0.3, 0.4) is 0 Å². The van der Waals surface area contributed by atoms with Gasteiger partial charge in [-0.3, -0.25) is 9.59 Å². The van der Waals surface area contributed by atoms with Crippen LogP contribution in [0.1, 0.15) is 32.1 Å². The van der Waals surface area contributed by atoms with Crippen LogP contribution in [0.25, 0.3) is 0 Å². The Bertz CT molecular complexity index is 823. The summed E-state index contributed by atoms with van der Waals surface area (Å²) in [6.45, 7) is 0. The molecule has 28 heavy (non-hydrogen) atoms. The van der Waals surface area contributed by atoms with Gasteiger partial charge in [-0.1, -0.05) is 31.0 Å². The summed E-state index contributed by atoms with van der Waals surface area (Å²) >= 11 is 0. The van der Waals surface area contributed by atoms with Crippen LogP contribution in [0.4, 0.5) is 5.69 Å². The molecule has 1 heterocycles. The smallest absolute Gasteiger partial charge is 0.237 e. The number of fused-ring (bicyclic) bond motifs is 1. The number of carbonyl (C=O) groups excluding carboxylic acids is 2. The van der Waals surface area contributed by atoms with E-state index < -0.39 is 6.04 Å². The second-order valence-corrected chi connectivity index (χ2v) is 7.42. The van der Waals surface area contributed by atoms with Gasteiger partial charge < -0.3 is 20.7 Å². The van der Waals surface area contributed by atoms with Gasteiger partial charge in [0.05, 0.1) is 12.5 Å². The monoisotopic (exact) mass is 379 g/mol. The highest BCUT2D eigenvalue weighted by molar-refractivity contribution is 5.95. The number of amides is 2. The molecule has 4 rings (SSSR count). The lowest BCUT2D eigenvalue weighted by atomic mass is 9.87. The fourth-order valence-corrected chi connectivity index (χ4v) is 3.90. The molecule has 0 aromatic heterocycles. The average Bonchev–Trinajstić information content (AvgIpc) is 2.71. The maximum absolute atomic E-state index is 12.4. The Morgan fingerprint density at radius 2 is 1.64 bits per heavy atom. The molecule has 1 saturated heterocycles. The fraction of sp³-hybridized carbons (Fsp3) is 0.364. The van der Waals surface area contributed by atoms with Crippen molar-refractivity contribution in [3.63, 3.8) is 0 Å². The number of benzene rings is 2. The van der Waals surface area contributed by atoms with E-state index in [1.165, 1.54) is 6.42 Å². The first kappa shape index (κ1) is 18.5. The molecular formula is C22H25N3O3. The average molecular weight is 379 g/mol. The molecule has 146 valence electrons. The molecule has 2 amide bonds. The topological polar surface area (TPSA) is 79.5 Å². The van der Waals surface area contributed by atoms with Crippen LogP contribution in [0.5, 0.6) is 11.5 Å². The van der Waals surface area contributed by atoms with Crippen LogP contribution < -0.4 is 20.7 Å². The molecule has 0 bridgehead atoms. The summed E-state index contributed by atoms with van der Waals surface area (Å²) in [5.74, 6) is 1.19. The summed E-state index contributed by atoms with van der Waals surface area (Å²) in [4.78, 5) is 24.7. The maximum Gasteiger partial charge on any atom is 0.237 e. The molecule has 6 heteroatoms. The predicted molar refractivity (Wildman–Crippen MR) is 107 cm³/mol. The molecule has 1 saturated carbocycles. The van der Waals surface area contributed by atoms with Gasteiger partial charge in [0.15, 0.2) is 0 Å². The van der Waals surface area contributed by atoms with Gasteiger partial charge in [0.25, 0.3) is 0 Å². The first-order chi connectivity index (χ1) is 13.7. The number of rotatable bonds is 5. The molecule has 3 atom stereocenters. The van der Waals surface area contributed by atoms with Crippen LogP contribution >= 0.6 is 0 Å². The lowest BCUT2D eigenvalue weighted by Crippen LogP contribution is -2.65. The number of carbonyl (C=O) groups is 2. The molecule has 1 aliphatic heterocycles. The number of hydrogen-bond acceptors (Lipinski definition) is 4. The van der Waals surface area contributed by atoms with Crippen molar-refractivity contribution < 1.29 is 14.3 Å². The summed E-state index contributed by atoms with van der Waals surface area (Å²) in [6.07, 6.45) is 4.50. The van der Waals surface area contributed by atoms with E-state index in [1.807, 2.05) is 30.3 Å². The first-order valence-electron chi connectivity index (χ1n) is 9.86. The second kappa shape index (κ2) is 8.44. The molecule has 6 nitrogen and oxygen atoms in total. The van der Waals surface area contributed by atoms with Gasteiger partial charge >= 0.3 is 0 Å². The molecule has 2 aromatic rings. The summed E-state index contributed by atoms with van der Waals surface area (Å²) in [5, 5.41) is 9.29. The van der Waals surface area contributed by atoms with Crippen molar-refractivity contribution in [3.8, 4) is 11.5 Å². The Morgan fingerprint density at radius 3 is 2.39 bits per heavy atom. The normalized spacial score (nSPS) is 24.0. The van der Waals surface area contributed by atoms with Gasteiger partial charge in [-0.05, 0) is 49.2 Å². The molecule has 2 aromatic carbocycles. The molecule has 0 radical (unpaired) electrons. The van der Waals surface area contributed by atoms with Gasteiger partial charge in [-0.2, -0.15) is 0 Å². The quantitative estimate of drug-likeness (QED) is 0.745. The zero-order chi connectivity index (χ0) is 19.3. The highest BCUT2D eigenvalue weighted by Gasteiger charge is 2.36. The Hall–Kier alpha value is -2.86. The SMILES string of the molecule is O=C(CC1NC2CCCCC2NC1=O)Nc1ccc(Oc2ccccc2)cc1. The van der Waals surface area contributed by atoms with Crippen molar-refractivity contribution in [2.75, 3.05) is 5.32 Å². The maximum atomic E-state index is 12.4. The Morgan fingerprint density at radius 1 is 0.964 bits per heavy atom. The molecule has 1 aliphatic carbocycles. The predicted octanol–water partition coefficient (Wildman–Crippen LogP) is 3.21. The lowest BCUT2D eigenvalue weighted by Gasteiger charge is -2.40. The van der Waals surface area contributed by atoms with Crippen molar-refractivity contribution in [1.29, 1.82) is 0 Å². The van der Waals surface area contributed by atoms with E-state index in [2.05, 4.69) is 16.0 Å². The Balaban J connectivity index is 1.30. The van der Waals surface area contributed by atoms with Crippen LogP contribution in [-0.2, 0) is 9.59 Å². The second-order valence-electron chi connectivity index (χ2n) is 7.42. The van der Waals surface area contributed by atoms with Gasteiger partial charge in [-0.25, -0.2) is 0 Å². The van der Waals surface area contributed by atoms with Crippen LogP contribution in [0, 0.1) is 0 Å². The van der Waals surface area contributed by atoms with Crippen molar-refractivity contribution in [2.24, 2.45) is 0 Å². The van der Waals surface area contributed by atoms with Crippen LogP contribution in [-0.4, -0.2) is 29.9 Å². The number of para-hydroxylation sites is 1. The summed E-state index contributed by atoms with van der Waals surface area (Å²) in [7, 11) is 0. The van der Waals surface area contributed by atoms with E-state index in [4.69, 9.17) is 4.74 Å². The van der Waals surface area contributed by atoms with E-state index in [0.29, 0.717) is 11.4 Å². The van der Waals surface area contributed by atoms with E-state index in [0.717, 1.165) is 25.0 Å². The molecule has 2 fully saturated rings. The van der Waals surface area contributed by atoms with E-state index >= 15 is 0 Å².